The van der Waals surface area contributed by atoms with Crippen molar-refractivity contribution in [3.63, 3.8) is 0 Å². The van der Waals surface area contributed by atoms with Crippen LogP contribution in [0.4, 0.5) is 0 Å². The number of carbonyl (C=O) groups is 7. The van der Waals surface area contributed by atoms with Gasteiger partial charge in [-0.05, 0) is 36.4 Å². The first-order valence-electron chi connectivity index (χ1n) is 17.0. The standard InChI is InChI=1S/C34H48ClN9O8S2/c1-17-27(54-16-39-17)19-7-5-18(6-8-19)26(32(51)38-13-25(47)40-21(9-10-36)30(49)41-22(15-53)29(37)48)43-31(50)23-11-20(45)14-44(23)33(52)28(34(2,3)4)42-24(46)12-35/h5-8,16,20-23,26,28,45,53H,9-15,36H2,1-4H3,(H2,37,48)(H,38,51)(H,40,47)(H,41,49)(H,42,46)(H,43,50). The Bertz CT molecular complexity index is 1690. The highest BCUT2D eigenvalue weighted by Gasteiger charge is 2.45. The van der Waals surface area contributed by atoms with E-state index in [0.717, 1.165) is 16.1 Å². The number of amides is 7. The van der Waals surface area contributed by atoms with Crippen LogP contribution in [-0.4, -0.2) is 118 Å². The topological polar surface area (TPSA) is 268 Å². The van der Waals surface area contributed by atoms with Crippen molar-refractivity contribution in [1.82, 2.24) is 36.5 Å². The number of halogens is 1. The molecule has 7 amide bonds. The Morgan fingerprint density at radius 2 is 1.69 bits per heavy atom. The molecule has 10 N–H and O–H groups in total. The third-order valence-corrected chi connectivity index (χ3v) is 10.2. The molecule has 1 aromatic heterocycles. The molecule has 20 heteroatoms. The Kier molecular flexibility index (Phi) is 16.2. The van der Waals surface area contributed by atoms with Gasteiger partial charge in [0.1, 0.15) is 36.1 Å². The molecular weight excluding hydrogens is 762 g/mol. The second-order valence-electron chi connectivity index (χ2n) is 13.8. The number of primary amides is 1. The minimum atomic E-state index is -1.39. The number of aromatic nitrogens is 1. The molecule has 54 heavy (non-hydrogen) atoms. The lowest BCUT2D eigenvalue weighted by Crippen LogP contribution is -2.58. The number of rotatable bonds is 17. The normalized spacial score (nSPS) is 17.7. The van der Waals surface area contributed by atoms with Crippen molar-refractivity contribution in [2.24, 2.45) is 16.9 Å². The van der Waals surface area contributed by atoms with Crippen molar-refractivity contribution < 1.29 is 38.7 Å². The molecule has 0 bridgehead atoms. The third kappa shape index (κ3) is 11.8. The SMILES string of the molecule is Cc1ncsc1-c1ccc(C(NC(=O)C2CC(O)CN2C(=O)C(NC(=O)CCl)C(C)(C)C)C(=O)NCC(=O)NC(CCN)C(=O)NC(CS)C(N)=O)cc1. The number of benzene rings is 1. The molecule has 0 spiro atoms. The number of nitrogens with zero attached hydrogens (tertiary/aromatic N) is 2. The van der Waals surface area contributed by atoms with Gasteiger partial charge < -0.3 is 48.1 Å². The Balaban J connectivity index is 1.86. The molecule has 0 radical (unpaired) electrons. The Morgan fingerprint density at radius 1 is 1.02 bits per heavy atom. The van der Waals surface area contributed by atoms with Gasteiger partial charge in [-0.3, -0.25) is 33.6 Å². The number of hydrogen-bond donors (Lipinski definition) is 9. The maximum atomic E-state index is 13.9. The number of alkyl halides is 1. The zero-order valence-corrected chi connectivity index (χ0v) is 32.9. The number of carbonyl (C=O) groups excluding carboxylic acids is 7. The fourth-order valence-corrected chi connectivity index (χ4v) is 6.85. The van der Waals surface area contributed by atoms with Crippen molar-refractivity contribution in [3.05, 3.63) is 41.0 Å². The number of hydrogen-bond acceptors (Lipinski definition) is 12. The van der Waals surface area contributed by atoms with Gasteiger partial charge in [-0.15, -0.1) is 22.9 Å². The summed E-state index contributed by atoms with van der Waals surface area (Å²) < 4.78 is 0. The summed E-state index contributed by atoms with van der Waals surface area (Å²) >= 11 is 11.1. The highest BCUT2D eigenvalue weighted by Crippen LogP contribution is 2.30. The fourth-order valence-electron chi connectivity index (χ4n) is 5.69. The largest absolute Gasteiger partial charge is 0.391 e. The second-order valence-corrected chi connectivity index (χ2v) is 15.3. The number of aliphatic hydroxyl groups excluding tert-OH is 1. The average Bonchev–Trinajstić information content (AvgIpc) is 3.74. The number of thiazole rings is 1. The predicted molar refractivity (Wildman–Crippen MR) is 205 cm³/mol. The maximum absolute atomic E-state index is 13.9. The van der Waals surface area contributed by atoms with Crippen LogP contribution in [0.3, 0.4) is 0 Å². The number of thiol groups is 1. The fraction of sp³-hybridized carbons (Fsp3) is 0.529. The molecule has 0 saturated carbocycles. The van der Waals surface area contributed by atoms with Crippen LogP contribution in [0.1, 0.15) is 50.9 Å². The highest BCUT2D eigenvalue weighted by molar-refractivity contribution is 7.80. The molecule has 6 unspecified atom stereocenters. The molecule has 1 fully saturated rings. The molecule has 0 aliphatic carbocycles. The van der Waals surface area contributed by atoms with E-state index in [2.05, 4.69) is 44.2 Å². The Hall–Kier alpha value is -4.30. The molecular formula is C34H48ClN9O8S2. The van der Waals surface area contributed by atoms with E-state index in [0.29, 0.717) is 5.56 Å². The first kappa shape index (κ1) is 44.1. The Labute approximate surface area is 327 Å². The number of nitrogens with two attached hydrogens (primary N) is 2. The Morgan fingerprint density at radius 3 is 2.22 bits per heavy atom. The number of aliphatic hydroxyl groups is 1. The van der Waals surface area contributed by atoms with Gasteiger partial charge in [-0.1, -0.05) is 45.0 Å². The van der Waals surface area contributed by atoms with E-state index in [1.807, 2.05) is 6.92 Å². The monoisotopic (exact) mass is 809 g/mol. The van der Waals surface area contributed by atoms with E-state index in [1.54, 1.807) is 50.5 Å². The number of likely N-dealkylation sites (tertiary alicyclic amines) is 1. The van der Waals surface area contributed by atoms with Crippen LogP contribution < -0.4 is 38.1 Å². The first-order valence-corrected chi connectivity index (χ1v) is 19.1. The predicted octanol–water partition coefficient (Wildman–Crippen LogP) is -1.14. The quantitative estimate of drug-likeness (QED) is 0.0685. The zero-order valence-electron chi connectivity index (χ0n) is 30.4. The lowest BCUT2D eigenvalue weighted by atomic mass is 9.85. The molecule has 296 valence electrons. The molecule has 6 atom stereocenters. The van der Waals surface area contributed by atoms with Crippen LogP contribution in [-0.2, 0) is 33.6 Å². The van der Waals surface area contributed by atoms with Crippen molar-refractivity contribution in [1.29, 1.82) is 0 Å². The minimum absolute atomic E-state index is 0.00191. The summed E-state index contributed by atoms with van der Waals surface area (Å²) in [5.74, 6) is -5.58. The van der Waals surface area contributed by atoms with Crippen LogP contribution in [0, 0.1) is 12.3 Å². The van der Waals surface area contributed by atoms with E-state index in [9.17, 15) is 38.7 Å². The summed E-state index contributed by atoms with van der Waals surface area (Å²) in [6.45, 7) is 6.21. The van der Waals surface area contributed by atoms with Crippen LogP contribution in [0.15, 0.2) is 29.8 Å². The first-order chi connectivity index (χ1) is 25.4. The van der Waals surface area contributed by atoms with Gasteiger partial charge >= 0.3 is 0 Å². The molecule has 1 aliphatic heterocycles. The van der Waals surface area contributed by atoms with Crippen molar-refractivity contribution in [3.8, 4) is 10.4 Å². The summed E-state index contributed by atoms with van der Waals surface area (Å²) in [5, 5.41) is 23.2. The van der Waals surface area contributed by atoms with Crippen LogP contribution in [0.5, 0.6) is 0 Å². The van der Waals surface area contributed by atoms with Crippen molar-refractivity contribution in [2.45, 2.75) is 76.8 Å². The van der Waals surface area contributed by atoms with Crippen LogP contribution in [0.2, 0.25) is 0 Å². The minimum Gasteiger partial charge on any atom is -0.391 e. The summed E-state index contributed by atoms with van der Waals surface area (Å²) in [4.78, 5) is 97.4. The van der Waals surface area contributed by atoms with E-state index in [-0.39, 0.29) is 31.7 Å². The van der Waals surface area contributed by atoms with Gasteiger partial charge in [0.05, 0.1) is 28.7 Å². The number of nitrogens with one attached hydrogen (secondary N) is 5. The van der Waals surface area contributed by atoms with Crippen LogP contribution in [0.25, 0.3) is 10.4 Å². The third-order valence-electron chi connectivity index (χ3n) is 8.58. The molecule has 17 nitrogen and oxygen atoms in total. The van der Waals surface area contributed by atoms with Crippen LogP contribution >= 0.6 is 35.6 Å². The highest BCUT2D eigenvalue weighted by atomic mass is 35.5. The summed E-state index contributed by atoms with van der Waals surface area (Å²) in [6.07, 6.45) is -1.22. The molecule has 1 aliphatic rings. The van der Waals surface area contributed by atoms with Crippen molar-refractivity contribution in [2.75, 3.05) is 31.3 Å². The summed E-state index contributed by atoms with van der Waals surface area (Å²) in [5.41, 5.74) is 13.8. The van der Waals surface area contributed by atoms with E-state index in [4.69, 9.17) is 23.1 Å². The van der Waals surface area contributed by atoms with Crippen molar-refractivity contribution >= 4 is 76.9 Å². The molecule has 2 heterocycles. The van der Waals surface area contributed by atoms with E-state index >= 15 is 0 Å². The zero-order chi connectivity index (χ0) is 40.3. The lowest BCUT2D eigenvalue weighted by molar-refractivity contribution is -0.144. The van der Waals surface area contributed by atoms with E-state index < -0.39 is 95.5 Å². The lowest BCUT2D eigenvalue weighted by Gasteiger charge is -2.35. The molecule has 2 aromatic rings. The number of β-amino-alcohol motifs (C(OH)–C–C–N with tert-alkyl or cyclic N) is 1. The smallest absolute Gasteiger partial charge is 0.247 e. The maximum Gasteiger partial charge on any atom is 0.247 e. The number of aryl methyl sites for hydroxylation is 1. The van der Waals surface area contributed by atoms with Gasteiger partial charge in [0.25, 0.3) is 0 Å². The van der Waals surface area contributed by atoms with E-state index in [1.165, 1.54) is 16.2 Å². The van der Waals surface area contributed by atoms with Gasteiger partial charge in [-0.2, -0.15) is 12.6 Å². The van der Waals surface area contributed by atoms with Gasteiger partial charge in [0.2, 0.25) is 41.4 Å². The molecule has 3 rings (SSSR count). The second kappa shape index (κ2) is 19.9. The summed E-state index contributed by atoms with van der Waals surface area (Å²) in [6, 6.07) is 0.792. The molecule has 1 saturated heterocycles. The van der Waals surface area contributed by atoms with Gasteiger partial charge in [-0.25, -0.2) is 4.98 Å². The van der Waals surface area contributed by atoms with Gasteiger partial charge in [0, 0.05) is 18.7 Å². The average molecular weight is 810 g/mol. The summed E-state index contributed by atoms with van der Waals surface area (Å²) in [7, 11) is 0. The van der Waals surface area contributed by atoms with Gasteiger partial charge in [0.15, 0.2) is 0 Å². The molecule has 1 aromatic carbocycles.